The summed E-state index contributed by atoms with van der Waals surface area (Å²) in [5, 5.41) is 3.03. The Morgan fingerprint density at radius 1 is 0.864 bits per heavy atom. The molecule has 0 saturated heterocycles. The average molecular weight is 293 g/mol. The average Bonchev–Trinajstić information content (AvgIpc) is 2.49. The molecule has 0 atom stereocenters. The number of carbonyl (C=O) groups excluding carboxylic acids is 1. The Labute approximate surface area is 132 Å². The van der Waals surface area contributed by atoms with Crippen molar-refractivity contribution in [2.24, 2.45) is 0 Å². The molecule has 1 amide bonds. The minimum Gasteiger partial charge on any atom is -0.350 e. The van der Waals surface area contributed by atoms with Gasteiger partial charge in [0.25, 0.3) is 5.91 Å². The molecular formula is C20H23NO. The Morgan fingerprint density at radius 2 is 1.41 bits per heavy atom. The first kappa shape index (κ1) is 14.8. The third-order valence-corrected chi connectivity index (χ3v) is 4.25. The summed E-state index contributed by atoms with van der Waals surface area (Å²) < 4.78 is 0. The lowest BCUT2D eigenvalue weighted by molar-refractivity contribution is 0.0942. The molecule has 2 aromatic carbocycles. The van der Waals surface area contributed by atoms with Crippen LogP contribution in [0.15, 0.2) is 42.5 Å². The fraction of sp³-hybridized carbons (Fsp3) is 0.350. The number of hydrogen-bond donors (Lipinski definition) is 1. The molecule has 0 saturated carbocycles. The van der Waals surface area contributed by atoms with E-state index >= 15 is 0 Å². The van der Waals surface area contributed by atoms with E-state index in [2.05, 4.69) is 47.8 Å². The maximum Gasteiger partial charge on any atom is 0.251 e. The van der Waals surface area contributed by atoms with Gasteiger partial charge < -0.3 is 5.32 Å². The molecule has 22 heavy (non-hydrogen) atoms. The van der Waals surface area contributed by atoms with Gasteiger partial charge >= 0.3 is 0 Å². The van der Waals surface area contributed by atoms with Crippen LogP contribution in [-0.2, 0) is 25.7 Å². The predicted octanol–water partition coefficient (Wildman–Crippen LogP) is 3.71. The van der Waals surface area contributed by atoms with Crippen LogP contribution in [0, 0.1) is 0 Å². The molecule has 0 spiro atoms. The molecule has 4 aliphatic carbocycles. The highest BCUT2D eigenvalue weighted by Crippen LogP contribution is 2.19. The van der Waals surface area contributed by atoms with Gasteiger partial charge in [-0.05, 0) is 67.9 Å². The second-order valence-electron chi connectivity index (χ2n) is 6.44. The van der Waals surface area contributed by atoms with Gasteiger partial charge in [-0.3, -0.25) is 4.79 Å². The predicted molar refractivity (Wildman–Crippen MR) is 90.3 cm³/mol. The Balaban J connectivity index is 1.95. The normalized spacial score (nSPS) is 13.8. The van der Waals surface area contributed by atoms with Gasteiger partial charge in [0.05, 0.1) is 0 Å². The molecule has 0 fully saturated rings. The monoisotopic (exact) mass is 293 g/mol. The van der Waals surface area contributed by atoms with Gasteiger partial charge in [-0.1, -0.05) is 36.4 Å². The van der Waals surface area contributed by atoms with Crippen molar-refractivity contribution in [3.8, 4) is 0 Å². The van der Waals surface area contributed by atoms with E-state index in [1.807, 2.05) is 13.8 Å². The lowest BCUT2D eigenvalue weighted by Gasteiger charge is -2.15. The van der Waals surface area contributed by atoms with Gasteiger partial charge in [0.1, 0.15) is 0 Å². The zero-order valence-electron chi connectivity index (χ0n) is 13.4. The van der Waals surface area contributed by atoms with Crippen LogP contribution < -0.4 is 5.32 Å². The van der Waals surface area contributed by atoms with Crippen LogP contribution in [-0.4, -0.2) is 11.9 Å². The zero-order valence-corrected chi connectivity index (χ0v) is 13.4. The summed E-state index contributed by atoms with van der Waals surface area (Å²) in [6.07, 6.45) is 3.87. The van der Waals surface area contributed by atoms with Gasteiger partial charge in [-0.15, -0.1) is 0 Å². The molecule has 0 unspecified atom stereocenters. The molecule has 4 aliphatic rings. The van der Waals surface area contributed by atoms with Crippen LogP contribution in [0.25, 0.3) is 0 Å². The number of amides is 1. The van der Waals surface area contributed by atoms with Crippen molar-refractivity contribution in [1.29, 1.82) is 0 Å². The summed E-state index contributed by atoms with van der Waals surface area (Å²) in [6.45, 7) is 4.00. The summed E-state index contributed by atoms with van der Waals surface area (Å²) in [7, 11) is 0. The van der Waals surface area contributed by atoms with Crippen LogP contribution in [0.1, 0.15) is 46.5 Å². The fourth-order valence-electron chi connectivity index (χ4n) is 2.99. The van der Waals surface area contributed by atoms with E-state index in [9.17, 15) is 4.79 Å². The molecule has 4 bridgehead atoms. The smallest absolute Gasteiger partial charge is 0.251 e. The van der Waals surface area contributed by atoms with Crippen LogP contribution in [0.3, 0.4) is 0 Å². The maximum absolute atomic E-state index is 12.5. The van der Waals surface area contributed by atoms with Gasteiger partial charge in [-0.25, -0.2) is 0 Å². The van der Waals surface area contributed by atoms with E-state index in [-0.39, 0.29) is 11.9 Å². The molecule has 0 aromatic heterocycles. The van der Waals surface area contributed by atoms with E-state index in [4.69, 9.17) is 0 Å². The van der Waals surface area contributed by atoms with Crippen molar-refractivity contribution in [3.63, 3.8) is 0 Å². The molecule has 2 nitrogen and oxygen atoms in total. The maximum atomic E-state index is 12.5. The lowest BCUT2D eigenvalue weighted by atomic mass is 9.93. The molecule has 2 heteroatoms. The number of benzene rings is 2. The summed E-state index contributed by atoms with van der Waals surface area (Å²) in [5.41, 5.74) is 5.93. The van der Waals surface area contributed by atoms with Crippen molar-refractivity contribution >= 4 is 5.91 Å². The Bertz CT molecular complexity index is 671. The third kappa shape index (κ3) is 3.38. The highest BCUT2D eigenvalue weighted by atomic mass is 16.1. The first-order valence-electron chi connectivity index (χ1n) is 8.12. The minimum atomic E-state index is 0.0535. The van der Waals surface area contributed by atoms with Gasteiger partial charge in [0.15, 0.2) is 0 Å². The largest absolute Gasteiger partial charge is 0.350 e. The van der Waals surface area contributed by atoms with Gasteiger partial charge in [-0.2, -0.15) is 0 Å². The first-order valence-corrected chi connectivity index (χ1v) is 8.12. The Hall–Kier alpha value is -2.09. The van der Waals surface area contributed by atoms with Gasteiger partial charge in [0.2, 0.25) is 0 Å². The summed E-state index contributed by atoms with van der Waals surface area (Å²) >= 11 is 0. The van der Waals surface area contributed by atoms with Crippen molar-refractivity contribution < 1.29 is 4.79 Å². The molecule has 0 aliphatic heterocycles. The SMILES string of the molecule is CC(C)NC(=O)c1cc2ccc1CCc1ccc(cc1)CC2. The standard InChI is InChI=1S/C20H23NO/c1-14(2)21-20(22)19-13-17-8-7-15-3-5-16(6-4-15)9-11-18(19)12-10-17/h3-6,10,12-14H,7-9,11H2,1-2H3,(H,21,22). The molecule has 6 rings (SSSR count). The van der Waals surface area contributed by atoms with Crippen LogP contribution >= 0.6 is 0 Å². The molecule has 0 heterocycles. The number of aryl methyl sites for hydroxylation is 4. The molecule has 2 aromatic rings. The van der Waals surface area contributed by atoms with Gasteiger partial charge in [0, 0.05) is 11.6 Å². The van der Waals surface area contributed by atoms with E-state index in [0.717, 1.165) is 36.8 Å². The number of carbonyl (C=O) groups is 1. The first-order chi connectivity index (χ1) is 10.6. The zero-order chi connectivity index (χ0) is 15.5. The van der Waals surface area contributed by atoms with E-state index in [1.165, 1.54) is 16.7 Å². The molecular weight excluding hydrogens is 270 g/mol. The van der Waals surface area contributed by atoms with E-state index in [1.54, 1.807) is 0 Å². The Kier molecular flexibility index (Phi) is 4.28. The van der Waals surface area contributed by atoms with Crippen molar-refractivity contribution in [1.82, 2.24) is 5.32 Å². The molecule has 114 valence electrons. The summed E-state index contributed by atoms with van der Waals surface area (Å²) in [6, 6.07) is 15.5. The van der Waals surface area contributed by atoms with E-state index < -0.39 is 0 Å². The second-order valence-corrected chi connectivity index (χ2v) is 6.44. The summed E-state index contributed by atoms with van der Waals surface area (Å²) in [4.78, 5) is 12.5. The number of hydrogen-bond acceptors (Lipinski definition) is 1. The number of nitrogens with one attached hydrogen (secondary N) is 1. The van der Waals surface area contributed by atoms with Crippen molar-refractivity contribution in [2.45, 2.75) is 45.6 Å². The van der Waals surface area contributed by atoms with Crippen LogP contribution in [0.2, 0.25) is 0 Å². The lowest BCUT2D eigenvalue weighted by Crippen LogP contribution is -2.31. The number of rotatable bonds is 2. The highest BCUT2D eigenvalue weighted by Gasteiger charge is 2.14. The highest BCUT2D eigenvalue weighted by molar-refractivity contribution is 5.96. The summed E-state index contributed by atoms with van der Waals surface area (Å²) in [5.74, 6) is 0.0535. The third-order valence-electron chi connectivity index (χ3n) is 4.25. The van der Waals surface area contributed by atoms with Crippen LogP contribution in [0.4, 0.5) is 0 Å². The molecule has 0 radical (unpaired) electrons. The topological polar surface area (TPSA) is 29.1 Å². The van der Waals surface area contributed by atoms with Crippen molar-refractivity contribution in [3.05, 3.63) is 70.3 Å². The van der Waals surface area contributed by atoms with Crippen LogP contribution in [0.5, 0.6) is 0 Å². The quantitative estimate of drug-likeness (QED) is 0.898. The minimum absolute atomic E-state index is 0.0535. The fourth-order valence-corrected chi connectivity index (χ4v) is 2.99. The van der Waals surface area contributed by atoms with Crippen molar-refractivity contribution in [2.75, 3.05) is 0 Å². The Morgan fingerprint density at radius 3 is 2.05 bits per heavy atom. The molecule has 1 N–H and O–H groups in total. The second kappa shape index (κ2) is 6.35. The van der Waals surface area contributed by atoms with E-state index in [0.29, 0.717) is 0 Å².